The summed E-state index contributed by atoms with van der Waals surface area (Å²) in [6, 6.07) is 14.7. The van der Waals surface area contributed by atoms with Gasteiger partial charge in [-0.2, -0.15) is 0 Å². The molecule has 0 aliphatic heterocycles. The molecule has 154 valence electrons. The van der Waals surface area contributed by atoms with Gasteiger partial charge in [0.25, 0.3) is 11.8 Å². The maximum absolute atomic E-state index is 13.4. The minimum Gasteiger partial charge on any atom is -0.496 e. The smallest absolute Gasteiger partial charge is 0.259 e. The first-order valence-corrected chi connectivity index (χ1v) is 9.19. The fourth-order valence-corrected chi connectivity index (χ4v) is 2.94. The van der Waals surface area contributed by atoms with Gasteiger partial charge in [-0.1, -0.05) is 17.7 Å². The van der Waals surface area contributed by atoms with Gasteiger partial charge in [0.15, 0.2) is 0 Å². The van der Waals surface area contributed by atoms with Crippen LogP contribution in [0.5, 0.6) is 11.5 Å². The van der Waals surface area contributed by atoms with Gasteiger partial charge in [0.2, 0.25) is 0 Å². The number of carbonyl (C=O) groups excluding carboxylic acids is 2. The Labute approximate surface area is 177 Å². The van der Waals surface area contributed by atoms with Gasteiger partial charge in [-0.05, 0) is 54.6 Å². The molecule has 6 nitrogen and oxygen atoms in total. The normalized spacial score (nSPS) is 10.3. The Hall–Kier alpha value is -3.58. The van der Waals surface area contributed by atoms with Crippen LogP contribution in [0, 0.1) is 5.82 Å². The van der Waals surface area contributed by atoms with E-state index in [1.54, 1.807) is 24.3 Å². The first-order chi connectivity index (χ1) is 14.4. The zero-order chi connectivity index (χ0) is 21.7. The Morgan fingerprint density at radius 3 is 2.30 bits per heavy atom. The summed E-state index contributed by atoms with van der Waals surface area (Å²) in [5, 5.41) is 5.78. The molecule has 0 atom stereocenters. The minimum atomic E-state index is -0.522. The maximum atomic E-state index is 13.4. The number of hydrogen-bond donors (Lipinski definition) is 2. The number of nitrogens with one attached hydrogen (secondary N) is 2. The molecule has 0 aliphatic rings. The predicted molar refractivity (Wildman–Crippen MR) is 113 cm³/mol. The molecule has 3 rings (SSSR count). The summed E-state index contributed by atoms with van der Waals surface area (Å²) in [5.41, 5.74) is 1.11. The standard InChI is InChI=1S/C22H18ClFN2O4/c1-29-19-8-6-14(23)11-17(19)22(28)25-16-7-9-20(30-2)18(12-16)26-21(27)13-4-3-5-15(24)10-13/h3-12H,1-2H3,(H,25,28)(H,26,27). The quantitative estimate of drug-likeness (QED) is 0.579. The third-order valence-electron chi connectivity index (χ3n) is 4.20. The summed E-state index contributed by atoms with van der Waals surface area (Å²) in [5.74, 6) is -0.746. The second-order valence-electron chi connectivity index (χ2n) is 6.18. The summed E-state index contributed by atoms with van der Waals surface area (Å²) in [6.45, 7) is 0. The molecule has 0 spiro atoms. The van der Waals surface area contributed by atoms with Crippen LogP contribution in [-0.4, -0.2) is 26.0 Å². The maximum Gasteiger partial charge on any atom is 0.259 e. The van der Waals surface area contributed by atoms with E-state index < -0.39 is 17.6 Å². The van der Waals surface area contributed by atoms with Crippen molar-refractivity contribution < 1.29 is 23.5 Å². The second kappa shape index (κ2) is 9.28. The molecule has 0 fully saturated rings. The molecule has 2 amide bonds. The lowest BCUT2D eigenvalue weighted by atomic mass is 10.1. The molecule has 0 saturated carbocycles. The van der Waals surface area contributed by atoms with E-state index in [4.69, 9.17) is 21.1 Å². The molecule has 0 bridgehead atoms. The molecule has 0 heterocycles. The number of rotatable bonds is 6. The third kappa shape index (κ3) is 4.87. The molecule has 3 aromatic carbocycles. The molecule has 2 N–H and O–H groups in total. The Balaban J connectivity index is 1.85. The van der Waals surface area contributed by atoms with Crippen molar-refractivity contribution in [2.24, 2.45) is 0 Å². The molecule has 0 aliphatic carbocycles. The van der Waals surface area contributed by atoms with Crippen LogP contribution in [-0.2, 0) is 0 Å². The summed E-state index contributed by atoms with van der Waals surface area (Å²) < 4.78 is 23.9. The van der Waals surface area contributed by atoms with Gasteiger partial charge in [0.05, 0.1) is 25.5 Å². The van der Waals surface area contributed by atoms with Crippen LogP contribution in [0.1, 0.15) is 20.7 Å². The monoisotopic (exact) mass is 428 g/mol. The van der Waals surface area contributed by atoms with Gasteiger partial charge in [-0.3, -0.25) is 9.59 Å². The first kappa shape index (κ1) is 21.1. The summed E-state index contributed by atoms with van der Waals surface area (Å²) in [7, 11) is 2.90. The highest BCUT2D eigenvalue weighted by atomic mass is 35.5. The topological polar surface area (TPSA) is 76.7 Å². The molecule has 0 aromatic heterocycles. The van der Waals surface area contributed by atoms with Crippen LogP contribution in [0.25, 0.3) is 0 Å². The van der Waals surface area contributed by atoms with E-state index in [9.17, 15) is 14.0 Å². The Bertz CT molecular complexity index is 1100. The molecule has 3 aromatic rings. The van der Waals surface area contributed by atoms with Crippen molar-refractivity contribution in [2.75, 3.05) is 24.9 Å². The van der Waals surface area contributed by atoms with Crippen molar-refractivity contribution in [3.05, 3.63) is 82.6 Å². The Morgan fingerprint density at radius 1 is 0.867 bits per heavy atom. The van der Waals surface area contributed by atoms with E-state index in [0.717, 1.165) is 6.07 Å². The SMILES string of the molecule is COc1ccc(NC(=O)c2cc(Cl)ccc2OC)cc1NC(=O)c1cccc(F)c1. The molecule has 0 unspecified atom stereocenters. The molecular weight excluding hydrogens is 411 g/mol. The van der Waals surface area contributed by atoms with Gasteiger partial charge in [-0.25, -0.2) is 4.39 Å². The van der Waals surface area contributed by atoms with Crippen LogP contribution in [0.3, 0.4) is 0 Å². The summed E-state index contributed by atoms with van der Waals surface area (Å²) >= 11 is 5.99. The summed E-state index contributed by atoms with van der Waals surface area (Å²) in [6.07, 6.45) is 0. The lowest BCUT2D eigenvalue weighted by Crippen LogP contribution is -2.15. The van der Waals surface area contributed by atoms with Gasteiger partial charge >= 0.3 is 0 Å². The van der Waals surface area contributed by atoms with Crippen molar-refractivity contribution >= 4 is 34.8 Å². The Kier molecular flexibility index (Phi) is 6.54. The number of carbonyl (C=O) groups is 2. The number of ether oxygens (including phenoxy) is 2. The lowest BCUT2D eigenvalue weighted by Gasteiger charge is -2.14. The van der Waals surface area contributed by atoms with E-state index >= 15 is 0 Å². The van der Waals surface area contributed by atoms with Crippen LogP contribution in [0.2, 0.25) is 5.02 Å². The van der Waals surface area contributed by atoms with Crippen molar-refractivity contribution in [3.8, 4) is 11.5 Å². The van der Waals surface area contributed by atoms with E-state index in [1.165, 1.54) is 44.6 Å². The molecule has 30 heavy (non-hydrogen) atoms. The van der Waals surface area contributed by atoms with Crippen LogP contribution >= 0.6 is 11.6 Å². The fourth-order valence-electron chi connectivity index (χ4n) is 2.76. The van der Waals surface area contributed by atoms with Gasteiger partial charge < -0.3 is 20.1 Å². The highest BCUT2D eigenvalue weighted by Gasteiger charge is 2.16. The summed E-state index contributed by atoms with van der Waals surface area (Å²) in [4.78, 5) is 25.1. The van der Waals surface area contributed by atoms with Gasteiger partial charge in [-0.15, -0.1) is 0 Å². The van der Waals surface area contributed by atoms with Crippen molar-refractivity contribution in [1.82, 2.24) is 0 Å². The van der Waals surface area contributed by atoms with Crippen LogP contribution in [0.4, 0.5) is 15.8 Å². The predicted octanol–water partition coefficient (Wildman–Crippen LogP) is 5.00. The average Bonchev–Trinajstić information content (AvgIpc) is 2.74. The van der Waals surface area contributed by atoms with Crippen LogP contribution in [0.15, 0.2) is 60.7 Å². The first-order valence-electron chi connectivity index (χ1n) is 8.81. The highest BCUT2D eigenvalue weighted by Crippen LogP contribution is 2.30. The largest absolute Gasteiger partial charge is 0.496 e. The van der Waals surface area contributed by atoms with Gasteiger partial charge in [0, 0.05) is 16.3 Å². The van der Waals surface area contributed by atoms with Crippen molar-refractivity contribution in [1.29, 1.82) is 0 Å². The minimum absolute atomic E-state index is 0.148. The average molecular weight is 429 g/mol. The van der Waals surface area contributed by atoms with Crippen molar-refractivity contribution in [3.63, 3.8) is 0 Å². The van der Waals surface area contributed by atoms with E-state index in [1.807, 2.05) is 0 Å². The van der Waals surface area contributed by atoms with Crippen molar-refractivity contribution in [2.45, 2.75) is 0 Å². The van der Waals surface area contributed by atoms with E-state index in [-0.39, 0.29) is 11.1 Å². The number of methoxy groups -OCH3 is 2. The number of halogens is 2. The highest BCUT2D eigenvalue weighted by molar-refractivity contribution is 6.31. The molecule has 0 radical (unpaired) electrons. The number of anilines is 2. The molecule has 0 saturated heterocycles. The number of benzene rings is 3. The zero-order valence-electron chi connectivity index (χ0n) is 16.2. The lowest BCUT2D eigenvalue weighted by molar-refractivity contribution is 0.101. The second-order valence-corrected chi connectivity index (χ2v) is 6.61. The number of hydrogen-bond acceptors (Lipinski definition) is 4. The van der Waals surface area contributed by atoms with E-state index in [2.05, 4.69) is 10.6 Å². The molecular formula is C22H18ClFN2O4. The van der Waals surface area contributed by atoms with Crippen LogP contribution < -0.4 is 20.1 Å². The zero-order valence-corrected chi connectivity index (χ0v) is 16.9. The van der Waals surface area contributed by atoms with Gasteiger partial charge in [0.1, 0.15) is 17.3 Å². The molecule has 8 heteroatoms. The Morgan fingerprint density at radius 2 is 1.60 bits per heavy atom. The fraction of sp³-hybridized carbons (Fsp3) is 0.0909. The third-order valence-corrected chi connectivity index (χ3v) is 4.43. The van der Waals surface area contributed by atoms with E-state index in [0.29, 0.717) is 27.9 Å². The number of amides is 2.